The van der Waals surface area contributed by atoms with Crippen LogP contribution in [0.1, 0.15) is 44.2 Å². The van der Waals surface area contributed by atoms with Gasteiger partial charge in [0.25, 0.3) is 0 Å². The Kier molecular flexibility index (Phi) is 6.54. The summed E-state index contributed by atoms with van der Waals surface area (Å²) in [6.45, 7) is 7.78. The first-order valence-electron chi connectivity index (χ1n) is 9.60. The molecule has 0 spiro atoms. The quantitative estimate of drug-likeness (QED) is 0.661. The van der Waals surface area contributed by atoms with Crippen molar-refractivity contribution in [1.29, 1.82) is 0 Å². The highest BCUT2D eigenvalue weighted by Crippen LogP contribution is 2.36. The Balaban J connectivity index is 1.84. The second kappa shape index (κ2) is 8.87. The maximum atomic E-state index is 11.9. The molecule has 1 aromatic heterocycles. The van der Waals surface area contributed by atoms with Gasteiger partial charge in [0, 0.05) is 16.8 Å². The van der Waals surface area contributed by atoms with Gasteiger partial charge in [-0.15, -0.1) is 11.3 Å². The van der Waals surface area contributed by atoms with Crippen LogP contribution in [0, 0.1) is 5.92 Å². The minimum Gasteiger partial charge on any atom is -0.496 e. The number of fused-ring (bicyclic) bond motifs is 1. The number of esters is 1. The number of rotatable bonds is 7. The Labute approximate surface area is 160 Å². The number of hydrogen-bond acceptors (Lipinski definition) is 5. The minimum absolute atomic E-state index is 0.161. The largest absolute Gasteiger partial charge is 0.496 e. The lowest BCUT2D eigenvalue weighted by molar-refractivity contribution is -0.142. The second-order valence-corrected chi connectivity index (χ2v) is 7.87. The van der Waals surface area contributed by atoms with Crippen molar-refractivity contribution in [2.45, 2.75) is 46.1 Å². The Hall–Kier alpha value is -1.59. The molecule has 0 bridgehead atoms. The third-order valence-corrected chi connectivity index (χ3v) is 6.51. The van der Waals surface area contributed by atoms with Gasteiger partial charge >= 0.3 is 5.97 Å². The zero-order valence-electron chi connectivity index (χ0n) is 16.0. The highest BCUT2D eigenvalue weighted by Gasteiger charge is 2.21. The number of likely N-dealkylation sites (tertiary alicyclic amines) is 1. The minimum atomic E-state index is -0.161. The lowest BCUT2D eigenvalue weighted by Gasteiger charge is -2.31. The van der Waals surface area contributed by atoms with Crippen molar-refractivity contribution in [3.63, 3.8) is 0 Å². The lowest BCUT2D eigenvalue weighted by atomic mass is 9.94. The number of nitrogens with zero attached hydrogens (tertiary/aromatic N) is 1. The van der Waals surface area contributed by atoms with Gasteiger partial charge in [0.05, 0.1) is 20.1 Å². The highest BCUT2D eigenvalue weighted by atomic mass is 32.1. The topological polar surface area (TPSA) is 38.8 Å². The molecular weight excluding hydrogens is 346 g/mol. The van der Waals surface area contributed by atoms with E-state index in [1.54, 1.807) is 18.4 Å². The molecule has 1 aliphatic rings. The van der Waals surface area contributed by atoms with Crippen molar-refractivity contribution in [2.24, 2.45) is 5.92 Å². The van der Waals surface area contributed by atoms with E-state index < -0.39 is 0 Å². The van der Waals surface area contributed by atoms with Crippen LogP contribution in [0.3, 0.4) is 0 Å². The van der Waals surface area contributed by atoms with Crippen molar-refractivity contribution in [3.05, 3.63) is 28.6 Å². The molecule has 1 aromatic carbocycles. The Morgan fingerprint density at radius 2 is 2.04 bits per heavy atom. The van der Waals surface area contributed by atoms with Gasteiger partial charge in [-0.05, 0) is 67.2 Å². The molecule has 142 valence electrons. The number of methoxy groups -OCH3 is 1. The van der Waals surface area contributed by atoms with E-state index in [-0.39, 0.29) is 5.97 Å². The number of thiophene rings is 1. The lowest BCUT2D eigenvalue weighted by Crippen LogP contribution is -2.33. The fourth-order valence-electron chi connectivity index (χ4n) is 3.81. The van der Waals surface area contributed by atoms with Crippen LogP contribution in [0.25, 0.3) is 10.1 Å². The molecule has 0 radical (unpaired) electrons. The van der Waals surface area contributed by atoms with Crippen LogP contribution in [0.15, 0.2) is 17.5 Å². The number of carbonyl (C=O) groups is 1. The first-order valence-corrected chi connectivity index (χ1v) is 10.5. The molecule has 0 saturated carbocycles. The smallest absolute Gasteiger partial charge is 0.310 e. The summed E-state index contributed by atoms with van der Waals surface area (Å²) in [4.78, 5) is 14.4. The van der Waals surface area contributed by atoms with Gasteiger partial charge in [-0.3, -0.25) is 9.69 Å². The van der Waals surface area contributed by atoms with E-state index in [1.165, 1.54) is 29.5 Å². The van der Waals surface area contributed by atoms with Gasteiger partial charge < -0.3 is 9.47 Å². The van der Waals surface area contributed by atoms with Gasteiger partial charge in [0.1, 0.15) is 5.75 Å². The SMILES string of the molecule is CCOC(=O)Cc1csc2c(CN3CCC(CC)CC3)c(OC)ccc12. The van der Waals surface area contributed by atoms with Crippen LogP contribution in [0.2, 0.25) is 0 Å². The van der Waals surface area contributed by atoms with Crippen LogP contribution in [0.4, 0.5) is 0 Å². The fourth-order valence-corrected chi connectivity index (χ4v) is 4.92. The molecular formula is C21H29NO3S. The number of carbonyl (C=O) groups excluding carboxylic acids is 1. The Morgan fingerprint density at radius 3 is 2.69 bits per heavy atom. The first kappa shape index (κ1) is 19.2. The van der Waals surface area contributed by atoms with Crippen LogP contribution in [0.5, 0.6) is 5.75 Å². The molecule has 0 N–H and O–H groups in total. The first-order chi connectivity index (χ1) is 12.7. The van der Waals surface area contributed by atoms with Crippen molar-refractivity contribution in [1.82, 2.24) is 4.90 Å². The summed E-state index contributed by atoms with van der Waals surface area (Å²) in [5.41, 5.74) is 2.30. The molecule has 2 aromatic rings. The predicted octanol–water partition coefficient (Wildman–Crippen LogP) is 4.64. The van der Waals surface area contributed by atoms with Crippen molar-refractivity contribution in [2.75, 3.05) is 26.8 Å². The maximum Gasteiger partial charge on any atom is 0.310 e. The molecule has 0 atom stereocenters. The van der Waals surface area contributed by atoms with Crippen LogP contribution >= 0.6 is 11.3 Å². The summed E-state index contributed by atoms with van der Waals surface area (Å²) in [5, 5.41) is 3.25. The molecule has 5 heteroatoms. The van der Waals surface area contributed by atoms with E-state index in [4.69, 9.17) is 9.47 Å². The number of ether oxygens (including phenoxy) is 2. The summed E-state index contributed by atoms with van der Waals surface area (Å²) in [6, 6.07) is 4.11. The van der Waals surface area contributed by atoms with Crippen molar-refractivity contribution < 1.29 is 14.3 Å². The third kappa shape index (κ3) is 4.21. The average molecular weight is 376 g/mol. The van der Waals surface area contributed by atoms with E-state index in [2.05, 4.69) is 23.3 Å². The van der Waals surface area contributed by atoms with E-state index >= 15 is 0 Å². The van der Waals surface area contributed by atoms with E-state index in [1.807, 2.05) is 13.0 Å². The summed E-state index contributed by atoms with van der Waals surface area (Å²) in [5.74, 6) is 1.66. The zero-order valence-corrected chi connectivity index (χ0v) is 16.9. The van der Waals surface area contributed by atoms with Gasteiger partial charge in [0.2, 0.25) is 0 Å². The summed E-state index contributed by atoms with van der Waals surface area (Å²) in [6.07, 6.45) is 4.19. The van der Waals surface area contributed by atoms with Crippen LogP contribution < -0.4 is 4.74 Å². The second-order valence-electron chi connectivity index (χ2n) is 6.99. The maximum absolute atomic E-state index is 11.9. The normalized spacial score (nSPS) is 16.1. The fraction of sp³-hybridized carbons (Fsp3) is 0.571. The van der Waals surface area contributed by atoms with Crippen molar-refractivity contribution >= 4 is 27.4 Å². The predicted molar refractivity (Wildman–Crippen MR) is 107 cm³/mol. The summed E-state index contributed by atoms with van der Waals surface area (Å²) < 4.78 is 12.0. The Morgan fingerprint density at radius 1 is 1.27 bits per heavy atom. The van der Waals surface area contributed by atoms with Crippen LogP contribution in [-0.2, 0) is 22.5 Å². The molecule has 26 heavy (non-hydrogen) atoms. The summed E-state index contributed by atoms with van der Waals surface area (Å²) >= 11 is 1.71. The van der Waals surface area contributed by atoms with E-state index in [9.17, 15) is 4.79 Å². The number of piperidine rings is 1. The van der Waals surface area contributed by atoms with Gasteiger partial charge in [-0.2, -0.15) is 0 Å². The van der Waals surface area contributed by atoms with Crippen molar-refractivity contribution in [3.8, 4) is 5.75 Å². The van der Waals surface area contributed by atoms with E-state index in [0.717, 1.165) is 42.3 Å². The standard InChI is InChI=1S/C21H29NO3S/c1-4-15-8-10-22(11-9-15)13-18-19(24-3)7-6-17-16(14-26-21(17)18)12-20(23)25-5-2/h6-7,14-15H,4-5,8-13H2,1-3H3. The molecule has 0 amide bonds. The molecule has 2 heterocycles. The van der Waals surface area contributed by atoms with E-state index in [0.29, 0.717) is 13.0 Å². The summed E-state index contributed by atoms with van der Waals surface area (Å²) in [7, 11) is 1.74. The molecule has 3 rings (SSSR count). The zero-order chi connectivity index (χ0) is 18.5. The molecule has 0 unspecified atom stereocenters. The van der Waals surface area contributed by atoms with Crippen LogP contribution in [-0.4, -0.2) is 37.7 Å². The highest BCUT2D eigenvalue weighted by molar-refractivity contribution is 7.17. The van der Waals surface area contributed by atoms with Gasteiger partial charge in [-0.1, -0.05) is 13.3 Å². The van der Waals surface area contributed by atoms with Gasteiger partial charge in [0.15, 0.2) is 0 Å². The van der Waals surface area contributed by atoms with Gasteiger partial charge in [-0.25, -0.2) is 0 Å². The molecule has 1 aliphatic heterocycles. The number of benzene rings is 1. The Bertz CT molecular complexity index is 747. The molecule has 1 fully saturated rings. The molecule has 0 aliphatic carbocycles. The monoisotopic (exact) mass is 375 g/mol. The molecule has 4 nitrogen and oxygen atoms in total. The molecule has 1 saturated heterocycles. The third-order valence-electron chi connectivity index (χ3n) is 5.41. The average Bonchev–Trinajstić information content (AvgIpc) is 3.06. The number of hydrogen-bond donors (Lipinski definition) is 0.